The van der Waals surface area contributed by atoms with Crippen molar-refractivity contribution < 1.29 is 14.0 Å². The molecule has 2 aromatic rings. The fourth-order valence-corrected chi connectivity index (χ4v) is 3.65. The van der Waals surface area contributed by atoms with Gasteiger partial charge >= 0.3 is 0 Å². The van der Waals surface area contributed by atoms with E-state index in [-0.39, 0.29) is 23.3 Å². The second-order valence-corrected chi connectivity index (χ2v) is 7.68. The number of piperidine rings is 1. The van der Waals surface area contributed by atoms with E-state index in [0.29, 0.717) is 17.4 Å². The monoisotopic (exact) mass is 432 g/mol. The first kappa shape index (κ1) is 19.7. The Bertz CT molecular complexity index is 805. The van der Waals surface area contributed by atoms with Gasteiger partial charge in [0, 0.05) is 28.9 Å². The van der Waals surface area contributed by atoms with Crippen molar-refractivity contribution in [3.63, 3.8) is 0 Å². The number of halogens is 2. The Labute approximate surface area is 166 Å². The summed E-state index contributed by atoms with van der Waals surface area (Å²) in [4.78, 5) is 26.8. The fourth-order valence-electron chi connectivity index (χ4n) is 3.32. The zero-order chi connectivity index (χ0) is 19.2. The fraction of sp³-hybridized carbons (Fsp3) is 0.333. The lowest BCUT2D eigenvalue weighted by molar-refractivity contribution is -0.116. The third kappa shape index (κ3) is 5.47. The highest BCUT2D eigenvalue weighted by Gasteiger charge is 2.25. The summed E-state index contributed by atoms with van der Waals surface area (Å²) in [6.07, 6.45) is 1.90. The number of nitrogens with zero attached hydrogens (tertiary/aromatic N) is 1. The van der Waals surface area contributed by atoms with Gasteiger partial charge in [0.1, 0.15) is 5.82 Å². The first-order valence-corrected chi connectivity index (χ1v) is 9.89. The quantitative estimate of drug-likeness (QED) is 0.682. The van der Waals surface area contributed by atoms with Crippen LogP contribution < -0.4 is 5.32 Å². The van der Waals surface area contributed by atoms with E-state index in [1.807, 2.05) is 30.3 Å². The van der Waals surface area contributed by atoms with Crippen LogP contribution in [-0.2, 0) is 4.79 Å². The molecule has 0 unspecified atom stereocenters. The summed E-state index contributed by atoms with van der Waals surface area (Å²) in [5, 5.41) is 2.61. The van der Waals surface area contributed by atoms with Crippen LogP contribution in [0.4, 0.5) is 10.1 Å². The van der Waals surface area contributed by atoms with Crippen LogP contribution in [0.3, 0.4) is 0 Å². The van der Waals surface area contributed by atoms with Crippen LogP contribution in [-0.4, -0.2) is 36.2 Å². The van der Waals surface area contributed by atoms with E-state index < -0.39 is 5.82 Å². The van der Waals surface area contributed by atoms with Gasteiger partial charge in [0.15, 0.2) is 5.78 Å². The Balaban J connectivity index is 1.43. The van der Waals surface area contributed by atoms with E-state index in [1.165, 1.54) is 12.1 Å². The highest BCUT2D eigenvalue weighted by molar-refractivity contribution is 9.10. The first-order chi connectivity index (χ1) is 13.0. The molecule has 6 heteroatoms. The molecule has 27 heavy (non-hydrogen) atoms. The molecule has 1 saturated heterocycles. The molecule has 3 rings (SSSR count). The normalized spacial score (nSPS) is 15.5. The predicted octanol–water partition coefficient (Wildman–Crippen LogP) is 4.51. The first-order valence-electron chi connectivity index (χ1n) is 9.09. The van der Waals surface area contributed by atoms with Gasteiger partial charge in [0.25, 0.3) is 0 Å². The maximum atomic E-state index is 13.8. The molecule has 1 aliphatic heterocycles. The van der Waals surface area contributed by atoms with Crippen molar-refractivity contribution >= 4 is 33.3 Å². The Morgan fingerprint density at radius 2 is 1.81 bits per heavy atom. The Hall–Kier alpha value is -2.05. The zero-order valence-corrected chi connectivity index (χ0v) is 16.5. The molecule has 1 amide bonds. The summed E-state index contributed by atoms with van der Waals surface area (Å²) in [6.45, 7) is 2.20. The highest BCUT2D eigenvalue weighted by atomic mass is 79.9. The minimum Gasteiger partial charge on any atom is -0.324 e. The molecule has 2 aromatic carbocycles. The molecule has 0 aliphatic carbocycles. The van der Waals surface area contributed by atoms with Gasteiger partial charge in [-0.2, -0.15) is 0 Å². The molecule has 0 bridgehead atoms. The standard InChI is InChI=1S/C21H22BrFN2O2/c22-17-6-7-19(18(23)14-17)24-20(26)10-13-25-11-8-16(9-12-25)21(27)15-4-2-1-3-5-15/h1-7,14,16H,8-13H2,(H,24,26). The number of rotatable bonds is 6. The number of amides is 1. The second kappa shape index (κ2) is 9.24. The number of nitrogens with one attached hydrogen (secondary N) is 1. The van der Waals surface area contributed by atoms with Crippen molar-refractivity contribution in [2.24, 2.45) is 5.92 Å². The molecule has 0 atom stereocenters. The molecular formula is C21H22BrFN2O2. The molecule has 4 nitrogen and oxygen atoms in total. The number of anilines is 1. The van der Waals surface area contributed by atoms with Gasteiger partial charge in [-0.25, -0.2) is 4.39 Å². The molecule has 0 radical (unpaired) electrons. The van der Waals surface area contributed by atoms with E-state index in [4.69, 9.17) is 0 Å². The minimum absolute atomic E-state index is 0.0503. The zero-order valence-electron chi connectivity index (χ0n) is 15.0. The van der Waals surface area contributed by atoms with Crippen molar-refractivity contribution in [2.75, 3.05) is 25.0 Å². The van der Waals surface area contributed by atoms with Gasteiger partial charge in [0.05, 0.1) is 5.69 Å². The van der Waals surface area contributed by atoms with Crippen LogP contribution in [0.5, 0.6) is 0 Å². The largest absolute Gasteiger partial charge is 0.324 e. The van der Waals surface area contributed by atoms with Gasteiger partial charge < -0.3 is 10.2 Å². The Morgan fingerprint density at radius 1 is 1.11 bits per heavy atom. The van der Waals surface area contributed by atoms with Crippen LogP contribution in [0, 0.1) is 11.7 Å². The molecule has 1 heterocycles. The van der Waals surface area contributed by atoms with Gasteiger partial charge in [-0.3, -0.25) is 9.59 Å². The molecule has 1 fully saturated rings. The van der Waals surface area contributed by atoms with Gasteiger partial charge in [0.2, 0.25) is 5.91 Å². The summed E-state index contributed by atoms with van der Waals surface area (Å²) in [6, 6.07) is 13.9. The lowest BCUT2D eigenvalue weighted by Crippen LogP contribution is -2.38. The van der Waals surface area contributed by atoms with Crippen molar-refractivity contribution in [3.8, 4) is 0 Å². The van der Waals surface area contributed by atoms with Crippen molar-refractivity contribution in [3.05, 3.63) is 64.4 Å². The van der Waals surface area contributed by atoms with Crippen molar-refractivity contribution in [1.29, 1.82) is 0 Å². The van der Waals surface area contributed by atoms with Gasteiger partial charge in [-0.1, -0.05) is 46.3 Å². The summed E-state index contributed by atoms with van der Waals surface area (Å²) in [7, 11) is 0. The maximum Gasteiger partial charge on any atom is 0.225 e. The maximum absolute atomic E-state index is 13.8. The number of hydrogen-bond acceptors (Lipinski definition) is 3. The number of carbonyl (C=O) groups is 2. The molecule has 1 N–H and O–H groups in total. The molecule has 0 saturated carbocycles. The Morgan fingerprint density at radius 3 is 2.48 bits per heavy atom. The topological polar surface area (TPSA) is 49.4 Å². The molecule has 1 aliphatic rings. The summed E-state index contributed by atoms with van der Waals surface area (Å²) in [5.41, 5.74) is 0.960. The van der Waals surface area contributed by atoms with Gasteiger partial charge in [-0.15, -0.1) is 0 Å². The number of carbonyl (C=O) groups excluding carboxylic acids is 2. The smallest absolute Gasteiger partial charge is 0.225 e. The van der Waals surface area contributed by atoms with Gasteiger partial charge in [-0.05, 0) is 44.1 Å². The number of benzene rings is 2. The average molecular weight is 433 g/mol. The summed E-state index contributed by atoms with van der Waals surface area (Å²) in [5.74, 6) is -0.412. The lowest BCUT2D eigenvalue weighted by Gasteiger charge is -2.31. The number of hydrogen-bond donors (Lipinski definition) is 1. The molecule has 0 spiro atoms. The average Bonchev–Trinajstić information content (AvgIpc) is 2.69. The second-order valence-electron chi connectivity index (χ2n) is 6.77. The Kier molecular flexibility index (Phi) is 6.74. The van der Waals surface area contributed by atoms with E-state index in [9.17, 15) is 14.0 Å². The summed E-state index contributed by atoms with van der Waals surface area (Å²) >= 11 is 3.19. The van der Waals surface area contributed by atoms with Crippen LogP contribution in [0.15, 0.2) is 53.0 Å². The van der Waals surface area contributed by atoms with Crippen LogP contribution in [0.25, 0.3) is 0 Å². The van der Waals surface area contributed by atoms with Crippen LogP contribution in [0.1, 0.15) is 29.6 Å². The molecule has 142 valence electrons. The number of ketones is 1. The van der Waals surface area contributed by atoms with Crippen LogP contribution in [0.2, 0.25) is 0 Å². The third-order valence-electron chi connectivity index (χ3n) is 4.88. The summed E-state index contributed by atoms with van der Waals surface area (Å²) < 4.78 is 14.4. The highest BCUT2D eigenvalue weighted by Crippen LogP contribution is 2.22. The SMILES string of the molecule is O=C(CCN1CCC(C(=O)c2ccccc2)CC1)Nc1ccc(Br)cc1F. The van der Waals surface area contributed by atoms with Crippen molar-refractivity contribution in [2.45, 2.75) is 19.3 Å². The molecular weight excluding hydrogens is 411 g/mol. The predicted molar refractivity (Wildman–Crippen MR) is 107 cm³/mol. The lowest BCUT2D eigenvalue weighted by atomic mass is 9.89. The van der Waals surface area contributed by atoms with E-state index in [0.717, 1.165) is 31.5 Å². The van der Waals surface area contributed by atoms with E-state index in [1.54, 1.807) is 6.07 Å². The molecule has 0 aromatic heterocycles. The third-order valence-corrected chi connectivity index (χ3v) is 5.37. The van der Waals surface area contributed by atoms with E-state index >= 15 is 0 Å². The minimum atomic E-state index is -0.460. The van der Waals surface area contributed by atoms with Crippen LogP contribution >= 0.6 is 15.9 Å². The number of Topliss-reactive ketones (excluding diaryl/α,β-unsaturated/α-hetero) is 1. The van der Waals surface area contributed by atoms with E-state index in [2.05, 4.69) is 26.1 Å². The van der Waals surface area contributed by atoms with Crippen molar-refractivity contribution in [1.82, 2.24) is 4.90 Å². The number of likely N-dealkylation sites (tertiary alicyclic amines) is 1.